The normalized spacial score (nSPS) is 12.8. The highest BCUT2D eigenvalue weighted by Gasteiger charge is 2.24. The number of ketones is 3. The number of nitrogens with one attached hydrogen (secondary N) is 1. The number of Topliss-reactive ketones (excluding diaryl/α,β-unsaturated/α-hetero) is 3. The van der Waals surface area contributed by atoms with Crippen LogP contribution in [0.3, 0.4) is 0 Å². The third-order valence-electron chi connectivity index (χ3n) is 6.37. The van der Waals surface area contributed by atoms with Crippen LogP contribution in [-0.4, -0.2) is 84.9 Å². The quantitative estimate of drug-likeness (QED) is 0.123. The van der Waals surface area contributed by atoms with E-state index in [-0.39, 0.29) is 73.6 Å². The number of carbonyl (C=O) groups is 6. The lowest BCUT2D eigenvalue weighted by molar-refractivity contribution is -0.138. The Morgan fingerprint density at radius 3 is 1.62 bits per heavy atom. The summed E-state index contributed by atoms with van der Waals surface area (Å²) in [6, 6.07) is 0. The number of carboxylic acids is 2. The molecular formula is C28H50N2O10. The number of hydrogen-bond donors (Lipinski definition) is 4. The van der Waals surface area contributed by atoms with Crippen LogP contribution in [0.4, 0.5) is 0 Å². The molecule has 0 aliphatic heterocycles. The molecule has 5 N–H and O–H groups in total. The fourth-order valence-corrected chi connectivity index (χ4v) is 3.80. The molecule has 0 aliphatic carbocycles. The van der Waals surface area contributed by atoms with Gasteiger partial charge in [0.15, 0.2) is 0 Å². The van der Waals surface area contributed by atoms with E-state index in [1.54, 1.807) is 0 Å². The molecule has 1 amide bonds. The van der Waals surface area contributed by atoms with Gasteiger partial charge in [-0.15, -0.1) is 0 Å². The second-order valence-corrected chi connectivity index (χ2v) is 9.57. The largest absolute Gasteiger partial charge is 0.481 e. The van der Waals surface area contributed by atoms with E-state index in [1.165, 1.54) is 13.8 Å². The number of rotatable bonds is 24. The zero-order chi connectivity index (χ0) is 30.9. The summed E-state index contributed by atoms with van der Waals surface area (Å²) in [5.74, 6) is -3.09. The summed E-state index contributed by atoms with van der Waals surface area (Å²) in [7, 11) is 0. The van der Waals surface area contributed by atoms with Crippen molar-refractivity contribution in [2.75, 3.05) is 39.5 Å². The van der Waals surface area contributed by atoms with Gasteiger partial charge in [-0.1, -0.05) is 13.8 Å². The second-order valence-electron chi connectivity index (χ2n) is 9.57. The van der Waals surface area contributed by atoms with Crippen molar-refractivity contribution in [2.45, 2.75) is 85.5 Å². The molecule has 12 nitrogen and oxygen atoms in total. The monoisotopic (exact) mass is 574 g/mol. The van der Waals surface area contributed by atoms with Gasteiger partial charge in [-0.3, -0.25) is 28.8 Å². The Bertz CT molecular complexity index is 772. The topological polar surface area (TPSA) is 199 Å². The molecule has 0 spiro atoms. The summed E-state index contributed by atoms with van der Waals surface area (Å²) in [6.07, 6.45) is 2.52. The number of carboxylic acid groups (broad SMARTS) is 2. The Hall–Kier alpha value is -2.70. The lowest BCUT2D eigenvalue weighted by Gasteiger charge is -2.17. The van der Waals surface area contributed by atoms with E-state index >= 15 is 0 Å². The predicted octanol–water partition coefficient (Wildman–Crippen LogP) is 2.40. The Kier molecular flexibility index (Phi) is 24.9. The fraction of sp³-hybridized carbons (Fsp3) is 0.786. The zero-order valence-electron chi connectivity index (χ0n) is 24.6. The SMILES string of the molecule is CCC(CCC(=O)O)C(=O)CC(CCC(=O)NCCOCCOCCN)C(C)=O.CCC(CCC(=O)O)C(C)=O. The van der Waals surface area contributed by atoms with Crippen molar-refractivity contribution in [1.82, 2.24) is 5.32 Å². The molecular weight excluding hydrogens is 524 g/mol. The van der Waals surface area contributed by atoms with Gasteiger partial charge in [0.05, 0.1) is 26.4 Å². The standard InChI is InChI=1S/C20H36N2O7.C8H14O3/c1-3-16(5-7-20(26)27)18(24)14-17(15(2)23)4-6-19(25)22-9-11-29-13-12-28-10-8-21;1-3-7(6(2)9)4-5-8(10)11/h16-17H,3-14,21H2,1-2H3,(H,22,25)(H,26,27);7H,3-5H2,1-2H3,(H,10,11). The molecule has 0 rings (SSSR count). The lowest BCUT2D eigenvalue weighted by Crippen LogP contribution is -2.29. The second kappa shape index (κ2) is 25.3. The number of aliphatic carboxylic acids is 2. The summed E-state index contributed by atoms with van der Waals surface area (Å²) in [5, 5.41) is 19.8. The first-order valence-electron chi connectivity index (χ1n) is 14.0. The van der Waals surface area contributed by atoms with E-state index in [0.717, 1.165) is 6.42 Å². The van der Waals surface area contributed by atoms with Crippen LogP contribution in [0, 0.1) is 17.8 Å². The molecule has 0 heterocycles. The fourth-order valence-electron chi connectivity index (χ4n) is 3.80. The van der Waals surface area contributed by atoms with Crippen molar-refractivity contribution < 1.29 is 48.5 Å². The van der Waals surface area contributed by atoms with Crippen molar-refractivity contribution in [3.05, 3.63) is 0 Å². The molecule has 0 aromatic heterocycles. The van der Waals surface area contributed by atoms with Crippen molar-refractivity contribution in [3.8, 4) is 0 Å². The van der Waals surface area contributed by atoms with E-state index in [1.807, 2.05) is 13.8 Å². The zero-order valence-corrected chi connectivity index (χ0v) is 24.6. The minimum atomic E-state index is -0.942. The average molecular weight is 575 g/mol. The van der Waals surface area contributed by atoms with Crippen molar-refractivity contribution in [1.29, 1.82) is 0 Å². The van der Waals surface area contributed by atoms with E-state index in [4.69, 9.17) is 25.4 Å². The van der Waals surface area contributed by atoms with Crippen molar-refractivity contribution in [3.63, 3.8) is 0 Å². The van der Waals surface area contributed by atoms with Crippen LogP contribution in [-0.2, 0) is 38.2 Å². The number of ether oxygens (including phenoxy) is 2. The van der Waals surface area contributed by atoms with Crippen LogP contribution in [0.5, 0.6) is 0 Å². The van der Waals surface area contributed by atoms with Gasteiger partial charge >= 0.3 is 11.9 Å². The molecule has 0 fully saturated rings. The molecule has 0 saturated carbocycles. The van der Waals surface area contributed by atoms with Gasteiger partial charge in [-0.05, 0) is 46.0 Å². The van der Waals surface area contributed by atoms with Crippen LogP contribution in [0.25, 0.3) is 0 Å². The number of amides is 1. The van der Waals surface area contributed by atoms with Crippen molar-refractivity contribution in [2.24, 2.45) is 23.5 Å². The maximum absolute atomic E-state index is 12.4. The summed E-state index contributed by atoms with van der Waals surface area (Å²) >= 11 is 0. The third kappa shape index (κ3) is 23.2. The van der Waals surface area contributed by atoms with Crippen LogP contribution in [0.1, 0.15) is 85.5 Å². The predicted molar refractivity (Wildman–Crippen MR) is 149 cm³/mol. The van der Waals surface area contributed by atoms with Gasteiger partial charge in [-0.25, -0.2) is 0 Å². The molecule has 40 heavy (non-hydrogen) atoms. The molecule has 232 valence electrons. The van der Waals surface area contributed by atoms with Crippen LogP contribution in [0.2, 0.25) is 0 Å². The molecule has 0 radical (unpaired) electrons. The van der Waals surface area contributed by atoms with Crippen LogP contribution in [0.15, 0.2) is 0 Å². The Labute approximate surface area is 237 Å². The third-order valence-corrected chi connectivity index (χ3v) is 6.37. The van der Waals surface area contributed by atoms with E-state index in [2.05, 4.69) is 5.32 Å². The number of nitrogens with two attached hydrogens (primary N) is 1. The highest BCUT2D eigenvalue weighted by molar-refractivity contribution is 5.88. The molecule has 0 saturated heterocycles. The van der Waals surface area contributed by atoms with E-state index < -0.39 is 17.9 Å². The average Bonchev–Trinajstić information content (AvgIpc) is 2.88. The summed E-state index contributed by atoms with van der Waals surface area (Å²) < 4.78 is 10.5. The van der Waals surface area contributed by atoms with Crippen LogP contribution < -0.4 is 11.1 Å². The first kappa shape index (κ1) is 39.4. The maximum Gasteiger partial charge on any atom is 0.303 e. The Balaban J connectivity index is 0. The summed E-state index contributed by atoms with van der Waals surface area (Å²) in [5.41, 5.74) is 5.29. The van der Waals surface area contributed by atoms with Gasteiger partial charge < -0.3 is 30.7 Å². The molecule has 0 aromatic carbocycles. The molecule has 3 atom stereocenters. The Morgan fingerprint density at radius 1 is 0.700 bits per heavy atom. The van der Waals surface area contributed by atoms with Gasteiger partial charge in [0.25, 0.3) is 0 Å². The molecule has 3 unspecified atom stereocenters. The number of hydrogen-bond acceptors (Lipinski definition) is 9. The van der Waals surface area contributed by atoms with Gasteiger partial charge in [0.1, 0.15) is 17.3 Å². The van der Waals surface area contributed by atoms with Gasteiger partial charge in [-0.2, -0.15) is 0 Å². The van der Waals surface area contributed by atoms with Crippen molar-refractivity contribution >= 4 is 35.2 Å². The molecule has 0 aliphatic rings. The van der Waals surface area contributed by atoms with Gasteiger partial charge in [0.2, 0.25) is 5.91 Å². The lowest BCUT2D eigenvalue weighted by atomic mass is 9.86. The molecule has 0 bridgehead atoms. The number of carbonyl (C=O) groups excluding carboxylic acids is 4. The maximum atomic E-state index is 12.4. The first-order chi connectivity index (χ1) is 18.9. The van der Waals surface area contributed by atoms with Gasteiger partial charge in [0, 0.05) is 56.5 Å². The van der Waals surface area contributed by atoms with Crippen LogP contribution >= 0.6 is 0 Å². The minimum absolute atomic E-state index is 0.0483. The Morgan fingerprint density at radius 2 is 1.18 bits per heavy atom. The summed E-state index contributed by atoms with van der Waals surface area (Å²) in [4.78, 5) is 67.8. The first-order valence-corrected chi connectivity index (χ1v) is 14.0. The minimum Gasteiger partial charge on any atom is -0.481 e. The summed E-state index contributed by atoms with van der Waals surface area (Å²) in [6.45, 7) is 9.17. The van der Waals surface area contributed by atoms with E-state index in [9.17, 15) is 28.8 Å². The smallest absolute Gasteiger partial charge is 0.303 e. The highest BCUT2D eigenvalue weighted by atomic mass is 16.5. The molecule has 12 heteroatoms. The van der Waals surface area contributed by atoms with E-state index in [0.29, 0.717) is 52.4 Å². The molecule has 0 aromatic rings. The highest BCUT2D eigenvalue weighted by Crippen LogP contribution is 2.21.